The number of methoxy groups -OCH3 is 1. The van der Waals surface area contributed by atoms with Gasteiger partial charge in [-0.05, 0) is 18.3 Å². The van der Waals surface area contributed by atoms with Gasteiger partial charge in [0, 0.05) is 26.1 Å². The maximum atomic E-state index is 5.16. The van der Waals surface area contributed by atoms with Gasteiger partial charge in [-0.3, -0.25) is 0 Å². The molecule has 1 unspecified atom stereocenters. The van der Waals surface area contributed by atoms with Crippen LogP contribution in [0, 0.1) is 11.3 Å². The Balaban J connectivity index is 1.94. The molecule has 1 heterocycles. The van der Waals surface area contributed by atoms with Gasteiger partial charge in [0.15, 0.2) is 0 Å². The molecule has 1 aliphatic carbocycles. The first kappa shape index (κ1) is 6.62. The molecule has 1 aliphatic heterocycles. The molecule has 2 fully saturated rings. The third-order valence-corrected chi connectivity index (χ3v) is 2.99. The Labute approximate surface area is 61.9 Å². The summed E-state index contributed by atoms with van der Waals surface area (Å²) in [6.07, 6.45) is 2.85. The zero-order chi connectivity index (χ0) is 7.03. The van der Waals surface area contributed by atoms with Crippen molar-refractivity contribution < 1.29 is 4.74 Å². The van der Waals surface area contributed by atoms with E-state index in [1.165, 1.54) is 25.9 Å². The SMILES string of the molecule is COCC1CNCC12CC2. The van der Waals surface area contributed by atoms with Crippen LogP contribution >= 0.6 is 0 Å². The summed E-state index contributed by atoms with van der Waals surface area (Å²) in [7, 11) is 1.80. The standard InChI is InChI=1S/C8H15NO/c1-10-5-7-4-9-6-8(7)2-3-8/h7,9H,2-6H2,1H3. The Morgan fingerprint density at radius 1 is 1.60 bits per heavy atom. The molecule has 58 valence electrons. The molecule has 2 nitrogen and oxygen atoms in total. The Morgan fingerprint density at radius 3 is 3.00 bits per heavy atom. The molecule has 0 aromatic heterocycles. The lowest BCUT2D eigenvalue weighted by Crippen LogP contribution is -2.18. The van der Waals surface area contributed by atoms with Gasteiger partial charge in [0.05, 0.1) is 6.61 Å². The van der Waals surface area contributed by atoms with Crippen LogP contribution in [0.4, 0.5) is 0 Å². The summed E-state index contributed by atoms with van der Waals surface area (Å²) in [6.45, 7) is 3.36. The Kier molecular flexibility index (Phi) is 1.46. The van der Waals surface area contributed by atoms with Gasteiger partial charge in [-0.15, -0.1) is 0 Å². The topological polar surface area (TPSA) is 21.3 Å². The van der Waals surface area contributed by atoms with Crippen LogP contribution in [0.1, 0.15) is 12.8 Å². The first-order valence-corrected chi connectivity index (χ1v) is 4.07. The van der Waals surface area contributed by atoms with Crippen molar-refractivity contribution in [2.45, 2.75) is 12.8 Å². The van der Waals surface area contributed by atoms with Crippen molar-refractivity contribution in [2.75, 3.05) is 26.8 Å². The molecular formula is C8H15NO. The summed E-state index contributed by atoms with van der Waals surface area (Å²) < 4.78 is 5.16. The van der Waals surface area contributed by atoms with Gasteiger partial charge < -0.3 is 10.1 Å². The van der Waals surface area contributed by atoms with E-state index in [1.807, 2.05) is 0 Å². The van der Waals surface area contributed by atoms with E-state index in [2.05, 4.69) is 5.32 Å². The fourth-order valence-electron chi connectivity index (χ4n) is 2.04. The van der Waals surface area contributed by atoms with Crippen molar-refractivity contribution in [1.29, 1.82) is 0 Å². The smallest absolute Gasteiger partial charge is 0.0508 e. The maximum Gasteiger partial charge on any atom is 0.0508 e. The van der Waals surface area contributed by atoms with Crippen molar-refractivity contribution in [3.05, 3.63) is 0 Å². The minimum absolute atomic E-state index is 0.677. The van der Waals surface area contributed by atoms with Gasteiger partial charge in [-0.1, -0.05) is 0 Å². The maximum absolute atomic E-state index is 5.16. The quantitative estimate of drug-likeness (QED) is 0.609. The number of hydrogen-bond acceptors (Lipinski definition) is 2. The van der Waals surface area contributed by atoms with E-state index >= 15 is 0 Å². The molecule has 0 bridgehead atoms. The Bertz CT molecular complexity index is 131. The summed E-state index contributed by atoms with van der Waals surface area (Å²) >= 11 is 0. The van der Waals surface area contributed by atoms with Crippen molar-refractivity contribution in [3.8, 4) is 0 Å². The molecule has 10 heavy (non-hydrogen) atoms. The molecule has 0 aromatic carbocycles. The van der Waals surface area contributed by atoms with Gasteiger partial charge in [-0.25, -0.2) is 0 Å². The second kappa shape index (κ2) is 2.21. The lowest BCUT2D eigenvalue weighted by atomic mass is 9.94. The van der Waals surface area contributed by atoms with Crippen molar-refractivity contribution in [1.82, 2.24) is 5.32 Å². The zero-order valence-electron chi connectivity index (χ0n) is 6.52. The van der Waals surface area contributed by atoms with Crippen LogP contribution in [0.5, 0.6) is 0 Å². The van der Waals surface area contributed by atoms with E-state index in [9.17, 15) is 0 Å². The van der Waals surface area contributed by atoms with E-state index in [0.717, 1.165) is 12.5 Å². The van der Waals surface area contributed by atoms with Crippen LogP contribution in [0.2, 0.25) is 0 Å². The number of hydrogen-bond donors (Lipinski definition) is 1. The van der Waals surface area contributed by atoms with E-state index in [-0.39, 0.29) is 0 Å². The molecular weight excluding hydrogens is 126 g/mol. The van der Waals surface area contributed by atoms with Crippen LogP contribution in [-0.2, 0) is 4.74 Å². The first-order valence-electron chi connectivity index (χ1n) is 4.07. The molecule has 1 spiro atoms. The highest BCUT2D eigenvalue weighted by atomic mass is 16.5. The van der Waals surface area contributed by atoms with Crippen LogP contribution < -0.4 is 5.32 Å². The third-order valence-electron chi connectivity index (χ3n) is 2.99. The summed E-state index contributed by atoms with van der Waals surface area (Å²) in [5, 5.41) is 3.43. The van der Waals surface area contributed by atoms with Crippen LogP contribution in [0.15, 0.2) is 0 Å². The molecule has 2 heteroatoms. The van der Waals surface area contributed by atoms with Crippen LogP contribution in [-0.4, -0.2) is 26.8 Å². The van der Waals surface area contributed by atoms with Gasteiger partial charge in [0.25, 0.3) is 0 Å². The van der Waals surface area contributed by atoms with Gasteiger partial charge >= 0.3 is 0 Å². The highest BCUT2D eigenvalue weighted by Gasteiger charge is 2.51. The van der Waals surface area contributed by atoms with Gasteiger partial charge in [0.2, 0.25) is 0 Å². The highest BCUT2D eigenvalue weighted by Crippen LogP contribution is 2.53. The zero-order valence-corrected chi connectivity index (χ0v) is 6.52. The average Bonchev–Trinajstić information content (AvgIpc) is 2.57. The van der Waals surface area contributed by atoms with E-state index in [4.69, 9.17) is 4.74 Å². The molecule has 0 aromatic rings. The van der Waals surface area contributed by atoms with Gasteiger partial charge in [-0.2, -0.15) is 0 Å². The third kappa shape index (κ3) is 0.867. The van der Waals surface area contributed by atoms with Crippen LogP contribution in [0.3, 0.4) is 0 Å². The molecule has 1 N–H and O–H groups in total. The molecule has 1 saturated carbocycles. The molecule has 2 rings (SSSR count). The number of ether oxygens (including phenoxy) is 1. The molecule has 1 atom stereocenters. The predicted molar refractivity (Wildman–Crippen MR) is 39.9 cm³/mol. The molecule has 0 amide bonds. The minimum Gasteiger partial charge on any atom is -0.384 e. The van der Waals surface area contributed by atoms with Crippen molar-refractivity contribution >= 4 is 0 Å². The monoisotopic (exact) mass is 141 g/mol. The molecule has 1 saturated heterocycles. The Morgan fingerprint density at radius 2 is 2.40 bits per heavy atom. The highest BCUT2D eigenvalue weighted by molar-refractivity contribution is 5.04. The molecule has 0 radical (unpaired) electrons. The first-order chi connectivity index (χ1) is 4.87. The van der Waals surface area contributed by atoms with E-state index < -0.39 is 0 Å². The predicted octanol–water partition coefficient (Wildman–Crippen LogP) is 0.632. The van der Waals surface area contributed by atoms with Crippen LogP contribution in [0.25, 0.3) is 0 Å². The van der Waals surface area contributed by atoms with Crippen molar-refractivity contribution in [2.24, 2.45) is 11.3 Å². The summed E-state index contributed by atoms with van der Waals surface area (Å²) in [5.74, 6) is 0.803. The summed E-state index contributed by atoms with van der Waals surface area (Å²) in [6, 6.07) is 0. The fourth-order valence-corrected chi connectivity index (χ4v) is 2.04. The van der Waals surface area contributed by atoms with Crippen molar-refractivity contribution in [3.63, 3.8) is 0 Å². The molecule has 2 aliphatic rings. The number of rotatable bonds is 2. The lowest BCUT2D eigenvalue weighted by molar-refractivity contribution is 0.134. The van der Waals surface area contributed by atoms with Gasteiger partial charge in [0.1, 0.15) is 0 Å². The van der Waals surface area contributed by atoms with E-state index in [1.54, 1.807) is 7.11 Å². The second-order valence-electron chi connectivity index (χ2n) is 3.65. The summed E-state index contributed by atoms with van der Waals surface area (Å²) in [4.78, 5) is 0. The van der Waals surface area contributed by atoms with E-state index in [0.29, 0.717) is 5.41 Å². The Hall–Kier alpha value is -0.0800. The largest absolute Gasteiger partial charge is 0.384 e. The normalized spacial score (nSPS) is 35.1. The average molecular weight is 141 g/mol. The number of nitrogens with one attached hydrogen (secondary N) is 1. The summed E-state index contributed by atoms with van der Waals surface area (Å²) in [5.41, 5.74) is 0.677. The minimum atomic E-state index is 0.677. The second-order valence-corrected chi connectivity index (χ2v) is 3.65. The fraction of sp³-hybridized carbons (Fsp3) is 1.00. The lowest BCUT2D eigenvalue weighted by Gasteiger charge is -2.14.